The van der Waals surface area contributed by atoms with Crippen molar-refractivity contribution in [3.05, 3.63) is 34.3 Å². The van der Waals surface area contributed by atoms with Crippen molar-refractivity contribution in [1.29, 1.82) is 0 Å². The van der Waals surface area contributed by atoms with Crippen LogP contribution < -0.4 is 4.90 Å². The van der Waals surface area contributed by atoms with Gasteiger partial charge in [-0.3, -0.25) is 0 Å². The van der Waals surface area contributed by atoms with Gasteiger partial charge in [0.25, 0.3) is 0 Å². The van der Waals surface area contributed by atoms with Gasteiger partial charge in [0.2, 0.25) is 0 Å². The zero-order valence-electron chi connectivity index (χ0n) is 12.5. The molecule has 0 spiro atoms. The summed E-state index contributed by atoms with van der Waals surface area (Å²) in [7, 11) is 0. The van der Waals surface area contributed by atoms with Crippen molar-refractivity contribution in [2.45, 2.75) is 32.6 Å². The normalized spacial score (nSPS) is 16.0. The van der Waals surface area contributed by atoms with Gasteiger partial charge in [-0.15, -0.1) is 0 Å². The fraction of sp³-hybridized carbons (Fsp3) is 0.471. The van der Waals surface area contributed by atoms with E-state index in [-0.39, 0.29) is 5.97 Å². The van der Waals surface area contributed by atoms with Gasteiger partial charge in [0.1, 0.15) is 0 Å². The quantitative estimate of drug-likeness (QED) is 0.594. The number of nitrogens with zero attached hydrogens (tertiary/aromatic N) is 1. The first-order valence-corrected chi connectivity index (χ1v) is 8.39. The lowest BCUT2D eigenvalue weighted by Crippen LogP contribution is -2.24. The summed E-state index contributed by atoms with van der Waals surface area (Å²) in [5.74, 6) is -0.292. The molecule has 0 atom stereocenters. The Hall–Kier alpha value is -1.29. The largest absolute Gasteiger partial charge is 0.463 e. The van der Waals surface area contributed by atoms with E-state index >= 15 is 0 Å². The van der Waals surface area contributed by atoms with Crippen LogP contribution in [-0.4, -0.2) is 25.7 Å². The summed E-state index contributed by atoms with van der Waals surface area (Å²) < 4.78 is 5.97. The molecule has 1 heterocycles. The van der Waals surface area contributed by atoms with Crippen LogP contribution in [0.2, 0.25) is 0 Å². The molecule has 1 fully saturated rings. The molecule has 114 valence electrons. The van der Waals surface area contributed by atoms with Gasteiger partial charge in [0, 0.05) is 29.3 Å². The molecule has 0 N–H and O–H groups in total. The SMILES string of the molecule is CCOC(=O)/C=C/c1cc(Br)ccc1N1CCCCCC1. The van der Waals surface area contributed by atoms with E-state index in [0.717, 1.165) is 23.1 Å². The molecule has 1 aliphatic rings. The summed E-state index contributed by atoms with van der Waals surface area (Å²) in [6, 6.07) is 6.23. The number of anilines is 1. The van der Waals surface area contributed by atoms with Crippen molar-refractivity contribution in [2.24, 2.45) is 0 Å². The highest BCUT2D eigenvalue weighted by molar-refractivity contribution is 9.10. The highest BCUT2D eigenvalue weighted by atomic mass is 79.9. The topological polar surface area (TPSA) is 29.5 Å². The molecule has 0 amide bonds. The molecule has 1 aromatic rings. The summed E-state index contributed by atoms with van der Waals surface area (Å²) in [6.45, 7) is 4.39. The standard InChI is InChI=1S/C17H22BrNO2/c1-2-21-17(20)10-7-14-13-15(18)8-9-16(14)19-11-5-3-4-6-12-19/h7-10,13H,2-6,11-12H2,1H3/b10-7+. The summed E-state index contributed by atoms with van der Waals surface area (Å²) >= 11 is 3.50. The third kappa shape index (κ3) is 4.88. The molecular weight excluding hydrogens is 330 g/mol. The number of ether oxygens (including phenoxy) is 1. The second kappa shape index (κ2) is 8.23. The maximum atomic E-state index is 11.5. The van der Waals surface area contributed by atoms with Gasteiger partial charge < -0.3 is 9.64 Å². The highest BCUT2D eigenvalue weighted by Crippen LogP contribution is 2.28. The zero-order valence-corrected chi connectivity index (χ0v) is 14.1. The molecule has 4 heteroatoms. The van der Waals surface area contributed by atoms with E-state index in [1.807, 2.05) is 13.0 Å². The predicted molar refractivity (Wildman–Crippen MR) is 90.5 cm³/mol. The molecule has 0 aromatic heterocycles. The summed E-state index contributed by atoms with van der Waals surface area (Å²) in [6.07, 6.45) is 8.44. The van der Waals surface area contributed by atoms with Gasteiger partial charge in [-0.05, 0) is 49.6 Å². The molecule has 0 saturated carbocycles. The number of benzene rings is 1. The average molecular weight is 352 g/mol. The third-order valence-corrected chi connectivity index (χ3v) is 4.12. The fourth-order valence-corrected chi connectivity index (χ4v) is 2.99. The number of hydrogen-bond donors (Lipinski definition) is 0. The molecule has 1 aromatic carbocycles. The molecule has 0 unspecified atom stereocenters. The first kappa shape index (κ1) is 16.1. The van der Waals surface area contributed by atoms with E-state index in [0.29, 0.717) is 6.61 Å². The Bertz CT molecular complexity index is 506. The summed E-state index contributed by atoms with van der Waals surface area (Å²) in [4.78, 5) is 13.9. The van der Waals surface area contributed by atoms with Crippen LogP contribution in [0.5, 0.6) is 0 Å². The van der Waals surface area contributed by atoms with E-state index in [2.05, 4.69) is 39.0 Å². The van der Waals surface area contributed by atoms with Crippen LogP contribution in [0.4, 0.5) is 5.69 Å². The Balaban J connectivity index is 2.22. The molecule has 0 bridgehead atoms. The van der Waals surface area contributed by atoms with Crippen LogP contribution in [0.15, 0.2) is 28.7 Å². The maximum absolute atomic E-state index is 11.5. The predicted octanol–water partition coefficient (Wildman–Crippen LogP) is 4.41. The summed E-state index contributed by atoms with van der Waals surface area (Å²) in [5, 5.41) is 0. The van der Waals surface area contributed by atoms with Crippen LogP contribution >= 0.6 is 15.9 Å². The molecule has 21 heavy (non-hydrogen) atoms. The lowest BCUT2D eigenvalue weighted by atomic mass is 10.1. The third-order valence-electron chi connectivity index (χ3n) is 3.62. The van der Waals surface area contributed by atoms with Gasteiger partial charge in [-0.1, -0.05) is 28.8 Å². The van der Waals surface area contributed by atoms with Crippen LogP contribution in [0, 0.1) is 0 Å². The molecule has 1 saturated heterocycles. The monoisotopic (exact) mass is 351 g/mol. The molecule has 0 radical (unpaired) electrons. The Kier molecular flexibility index (Phi) is 6.30. The minimum absolute atomic E-state index is 0.292. The van der Waals surface area contributed by atoms with Gasteiger partial charge in [0.15, 0.2) is 0 Å². The average Bonchev–Trinajstić information content (AvgIpc) is 2.74. The second-order valence-corrected chi connectivity index (χ2v) is 6.11. The zero-order chi connectivity index (χ0) is 15.1. The van der Waals surface area contributed by atoms with Crippen molar-refractivity contribution < 1.29 is 9.53 Å². The van der Waals surface area contributed by atoms with E-state index in [4.69, 9.17) is 4.74 Å². The number of halogens is 1. The van der Waals surface area contributed by atoms with Crippen LogP contribution in [0.1, 0.15) is 38.2 Å². The van der Waals surface area contributed by atoms with E-state index in [1.54, 1.807) is 0 Å². The fourth-order valence-electron chi connectivity index (χ4n) is 2.61. The van der Waals surface area contributed by atoms with Gasteiger partial charge >= 0.3 is 5.97 Å². The Labute approximate surface area is 135 Å². The number of hydrogen-bond acceptors (Lipinski definition) is 3. The van der Waals surface area contributed by atoms with E-state index in [9.17, 15) is 4.79 Å². The Morgan fingerprint density at radius 1 is 1.29 bits per heavy atom. The number of rotatable bonds is 4. The second-order valence-electron chi connectivity index (χ2n) is 5.19. The van der Waals surface area contributed by atoms with E-state index < -0.39 is 0 Å². The molecule has 0 aliphatic carbocycles. The first-order valence-electron chi connectivity index (χ1n) is 7.60. The molecule has 1 aliphatic heterocycles. The minimum Gasteiger partial charge on any atom is -0.463 e. The lowest BCUT2D eigenvalue weighted by Gasteiger charge is -2.24. The number of esters is 1. The summed E-state index contributed by atoms with van der Waals surface area (Å²) in [5.41, 5.74) is 2.25. The van der Waals surface area contributed by atoms with E-state index in [1.165, 1.54) is 37.4 Å². The van der Waals surface area contributed by atoms with Crippen molar-refractivity contribution in [3.63, 3.8) is 0 Å². The van der Waals surface area contributed by atoms with Crippen LogP contribution in [0.25, 0.3) is 6.08 Å². The molecule has 2 rings (SSSR count). The first-order chi connectivity index (χ1) is 10.2. The smallest absolute Gasteiger partial charge is 0.330 e. The van der Waals surface area contributed by atoms with Crippen molar-refractivity contribution in [2.75, 3.05) is 24.6 Å². The van der Waals surface area contributed by atoms with Crippen LogP contribution in [0.3, 0.4) is 0 Å². The van der Waals surface area contributed by atoms with Crippen molar-refractivity contribution >= 4 is 33.7 Å². The van der Waals surface area contributed by atoms with Gasteiger partial charge in [-0.25, -0.2) is 4.79 Å². The Morgan fingerprint density at radius 2 is 2.00 bits per heavy atom. The number of carbonyl (C=O) groups is 1. The van der Waals surface area contributed by atoms with Gasteiger partial charge in [0.05, 0.1) is 6.61 Å². The maximum Gasteiger partial charge on any atom is 0.330 e. The van der Waals surface area contributed by atoms with Crippen molar-refractivity contribution in [3.8, 4) is 0 Å². The molecule has 3 nitrogen and oxygen atoms in total. The highest BCUT2D eigenvalue weighted by Gasteiger charge is 2.13. The van der Waals surface area contributed by atoms with Crippen molar-refractivity contribution in [1.82, 2.24) is 0 Å². The molecular formula is C17H22BrNO2. The minimum atomic E-state index is -0.292. The van der Waals surface area contributed by atoms with Gasteiger partial charge in [-0.2, -0.15) is 0 Å². The Morgan fingerprint density at radius 3 is 2.67 bits per heavy atom. The number of carbonyl (C=O) groups excluding carboxylic acids is 1. The van der Waals surface area contributed by atoms with Crippen LogP contribution in [-0.2, 0) is 9.53 Å². The lowest BCUT2D eigenvalue weighted by molar-refractivity contribution is -0.137.